The first-order valence-corrected chi connectivity index (χ1v) is 10.6. The minimum absolute atomic E-state index is 0.0185. The van der Waals surface area contributed by atoms with Gasteiger partial charge in [-0.15, -0.1) is 0 Å². The van der Waals surface area contributed by atoms with Crippen molar-refractivity contribution in [3.05, 3.63) is 29.8 Å². The number of para-hydroxylation sites is 1. The number of amides is 1. The van der Waals surface area contributed by atoms with Crippen molar-refractivity contribution in [1.82, 2.24) is 10.2 Å². The summed E-state index contributed by atoms with van der Waals surface area (Å²) in [5.74, 6) is 4.02. The molecule has 5 heteroatoms. The van der Waals surface area contributed by atoms with E-state index in [1.807, 2.05) is 31.2 Å². The molecular weight excluding hydrogens is 332 g/mol. The van der Waals surface area contributed by atoms with Crippen LogP contribution in [0.5, 0.6) is 5.75 Å². The number of thioether (sulfide) groups is 1. The zero-order valence-electron chi connectivity index (χ0n) is 15.2. The van der Waals surface area contributed by atoms with E-state index in [0.717, 1.165) is 23.9 Å². The minimum atomic E-state index is -0.0185. The first kappa shape index (κ1) is 18.6. The molecule has 25 heavy (non-hydrogen) atoms. The van der Waals surface area contributed by atoms with Crippen molar-refractivity contribution >= 4 is 17.7 Å². The SMILES string of the molecule is Cc1ccccc1OCC(=O)NCC1CCN(C2CCSCC2)CC1. The van der Waals surface area contributed by atoms with Gasteiger partial charge in [-0.3, -0.25) is 4.79 Å². The molecule has 1 N–H and O–H groups in total. The van der Waals surface area contributed by atoms with Crippen LogP contribution >= 0.6 is 11.8 Å². The predicted octanol–water partition coefficient (Wildman–Crippen LogP) is 3.10. The maximum atomic E-state index is 12.0. The van der Waals surface area contributed by atoms with Gasteiger partial charge in [0, 0.05) is 12.6 Å². The minimum Gasteiger partial charge on any atom is -0.484 e. The molecule has 0 aromatic heterocycles. The number of rotatable bonds is 6. The fourth-order valence-corrected chi connectivity index (χ4v) is 4.82. The lowest BCUT2D eigenvalue weighted by Crippen LogP contribution is -2.45. The summed E-state index contributed by atoms with van der Waals surface area (Å²) in [4.78, 5) is 14.7. The van der Waals surface area contributed by atoms with Crippen LogP contribution in [-0.4, -0.2) is 54.6 Å². The van der Waals surface area contributed by atoms with Crippen molar-refractivity contribution in [3.63, 3.8) is 0 Å². The number of ether oxygens (including phenoxy) is 1. The van der Waals surface area contributed by atoms with Gasteiger partial charge in [0.05, 0.1) is 0 Å². The second-order valence-electron chi connectivity index (χ2n) is 7.18. The molecule has 3 rings (SSSR count). The molecule has 2 heterocycles. The Kier molecular flexibility index (Phi) is 7.05. The lowest BCUT2D eigenvalue weighted by atomic mass is 9.94. The third kappa shape index (κ3) is 5.65. The van der Waals surface area contributed by atoms with Crippen molar-refractivity contribution < 1.29 is 9.53 Å². The monoisotopic (exact) mass is 362 g/mol. The molecule has 0 unspecified atom stereocenters. The zero-order valence-corrected chi connectivity index (χ0v) is 16.0. The summed E-state index contributed by atoms with van der Waals surface area (Å²) in [6, 6.07) is 8.60. The third-order valence-corrected chi connectivity index (χ3v) is 6.45. The highest BCUT2D eigenvalue weighted by Gasteiger charge is 2.26. The Morgan fingerprint density at radius 3 is 2.64 bits per heavy atom. The van der Waals surface area contributed by atoms with Crippen molar-refractivity contribution in [1.29, 1.82) is 0 Å². The first-order chi connectivity index (χ1) is 12.2. The van der Waals surface area contributed by atoms with Gasteiger partial charge in [-0.1, -0.05) is 18.2 Å². The van der Waals surface area contributed by atoms with E-state index in [-0.39, 0.29) is 12.5 Å². The Hall–Kier alpha value is -1.20. The number of hydrogen-bond acceptors (Lipinski definition) is 4. The van der Waals surface area contributed by atoms with Crippen LogP contribution < -0.4 is 10.1 Å². The molecule has 138 valence electrons. The Balaban J connectivity index is 1.32. The smallest absolute Gasteiger partial charge is 0.257 e. The molecule has 1 aromatic carbocycles. The van der Waals surface area contributed by atoms with Crippen molar-refractivity contribution in [2.75, 3.05) is 37.7 Å². The number of aryl methyl sites for hydroxylation is 1. The molecule has 0 atom stereocenters. The molecule has 0 spiro atoms. The van der Waals surface area contributed by atoms with E-state index in [0.29, 0.717) is 5.92 Å². The summed E-state index contributed by atoms with van der Waals surface area (Å²) in [5, 5.41) is 3.05. The number of benzene rings is 1. The normalized spacial score (nSPS) is 20.4. The van der Waals surface area contributed by atoms with Gasteiger partial charge in [0.25, 0.3) is 5.91 Å². The van der Waals surface area contributed by atoms with Gasteiger partial charge in [0.2, 0.25) is 0 Å². The van der Waals surface area contributed by atoms with E-state index in [4.69, 9.17) is 4.74 Å². The van der Waals surface area contributed by atoms with Crippen LogP contribution in [0.25, 0.3) is 0 Å². The van der Waals surface area contributed by atoms with Crippen LogP contribution in [0.15, 0.2) is 24.3 Å². The van der Waals surface area contributed by atoms with E-state index in [9.17, 15) is 4.79 Å². The molecule has 2 fully saturated rings. The van der Waals surface area contributed by atoms with Crippen LogP contribution in [0.3, 0.4) is 0 Å². The largest absolute Gasteiger partial charge is 0.484 e. The quantitative estimate of drug-likeness (QED) is 0.844. The number of nitrogens with zero attached hydrogens (tertiary/aromatic N) is 1. The van der Waals surface area contributed by atoms with Crippen molar-refractivity contribution in [3.8, 4) is 5.75 Å². The first-order valence-electron chi connectivity index (χ1n) is 9.49. The Labute approximate surface area is 155 Å². The average molecular weight is 363 g/mol. The second kappa shape index (κ2) is 9.48. The van der Waals surface area contributed by atoms with Gasteiger partial charge in [-0.05, 0) is 74.7 Å². The number of nitrogens with one attached hydrogen (secondary N) is 1. The fraction of sp³-hybridized carbons (Fsp3) is 0.650. The number of carbonyl (C=O) groups excluding carboxylic acids is 1. The van der Waals surface area contributed by atoms with Crippen LogP contribution in [0.2, 0.25) is 0 Å². The maximum absolute atomic E-state index is 12.0. The van der Waals surface area contributed by atoms with Crippen molar-refractivity contribution in [2.24, 2.45) is 5.92 Å². The average Bonchev–Trinajstić information content (AvgIpc) is 2.67. The van der Waals surface area contributed by atoms with E-state index in [1.54, 1.807) is 0 Å². The Morgan fingerprint density at radius 1 is 1.20 bits per heavy atom. The summed E-state index contributed by atoms with van der Waals surface area (Å²) in [6.45, 7) is 5.25. The zero-order chi connectivity index (χ0) is 17.5. The van der Waals surface area contributed by atoms with Gasteiger partial charge < -0.3 is 15.0 Å². The van der Waals surface area contributed by atoms with E-state index in [2.05, 4.69) is 22.0 Å². The van der Waals surface area contributed by atoms with E-state index >= 15 is 0 Å². The Bertz CT molecular complexity index is 552. The van der Waals surface area contributed by atoms with Crippen molar-refractivity contribution in [2.45, 2.75) is 38.6 Å². The molecule has 0 aliphatic carbocycles. The number of piperidine rings is 1. The van der Waals surface area contributed by atoms with Gasteiger partial charge in [-0.2, -0.15) is 11.8 Å². The molecule has 2 aliphatic rings. The summed E-state index contributed by atoms with van der Waals surface area (Å²) >= 11 is 2.09. The molecule has 0 saturated carbocycles. The topological polar surface area (TPSA) is 41.6 Å². The molecular formula is C20H30N2O2S. The van der Waals surface area contributed by atoms with Crippen LogP contribution in [0.4, 0.5) is 0 Å². The van der Waals surface area contributed by atoms with Gasteiger partial charge in [0.1, 0.15) is 5.75 Å². The maximum Gasteiger partial charge on any atom is 0.257 e. The second-order valence-corrected chi connectivity index (χ2v) is 8.41. The molecule has 0 radical (unpaired) electrons. The summed E-state index contributed by atoms with van der Waals surface area (Å²) < 4.78 is 5.61. The third-order valence-electron chi connectivity index (χ3n) is 5.40. The van der Waals surface area contributed by atoms with Crippen LogP contribution in [0.1, 0.15) is 31.2 Å². The van der Waals surface area contributed by atoms with Gasteiger partial charge in [-0.25, -0.2) is 0 Å². The lowest BCUT2D eigenvalue weighted by Gasteiger charge is -2.39. The number of hydrogen-bond donors (Lipinski definition) is 1. The molecule has 1 aromatic rings. The molecule has 2 aliphatic heterocycles. The van der Waals surface area contributed by atoms with Crippen LogP contribution in [-0.2, 0) is 4.79 Å². The standard InChI is InChI=1S/C20H30N2O2S/c1-16-4-2-3-5-19(16)24-15-20(23)21-14-17-6-10-22(11-7-17)18-8-12-25-13-9-18/h2-5,17-18H,6-15H2,1H3,(H,21,23). The highest BCUT2D eigenvalue weighted by molar-refractivity contribution is 7.99. The highest BCUT2D eigenvalue weighted by Crippen LogP contribution is 2.26. The van der Waals surface area contributed by atoms with E-state index in [1.165, 1.54) is 50.3 Å². The van der Waals surface area contributed by atoms with Gasteiger partial charge in [0.15, 0.2) is 6.61 Å². The number of carbonyl (C=O) groups is 1. The predicted molar refractivity (Wildman–Crippen MR) is 104 cm³/mol. The van der Waals surface area contributed by atoms with E-state index < -0.39 is 0 Å². The Morgan fingerprint density at radius 2 is 1.92 bits per heavy atom. The summed E-state index contributed by atoms with van der Waals surface area (Å²) in [6.07, 6.45) is 5.09. The fourth-order valence-electron chi connectivity index (χ4n) is 3.74. The highest BCUT2D eigenvalue weighted by atomic mass is 32.2. The van der Waals surface area contributed by atoms with Gasteiger partial charge >= 0.3 is 0 Å². The molecule has 0 bridgehead atoms. The molecule has 4 nitrogen and oxygen atoms in total. The van der Waals surface area contributed by atoms with Crippen LogP contribution in [0, 0.1) is 12.8 Å². The summed E-state index contributed by atoms with van der Waals surface area (Å²) in [7, 11) is 0. The summed E-state index contributed by atoms with van der Waals surface area (Å²) in [5.41, 5.74) is 1.06. The molecule has 2 saturated heterocycles. The molecule has 1 amide bonds. The number of likely N-dealkylation sites (tertiary alicyclic amines) is 1. The lowest BCUT2D eigenvalue weighted by molar-refractivity contribution is -0.123.